The van der Waals surface area contributed by atoms with Crippen LogP contribution < -0.4 is 15.0 Å². The van der Waals surface area contributed by atoms with E-state index in [9.17, 15) is 14.4 Å². The summed E-state index contributed by atoms with van der Waals surface area (Å²) in [5.74, 6) is -0.817. The van der Waals surface area contributed by atoms with Crippen LogP contribution in [0, 0.1) is 0 Å². The summed E-state index contributed by atoms with van der Waals surface area (Å²) in [6.45, 7) is -0.226. The molecule has 10 heteroatoms. The number of hydrogen-bond acceptors (Lipinski definition) is 7. The van der Waals surface area contributed by atoms with Crippen molar-refractivity contribution in [3.05, 3.63) is 53.0 Å². The van der Waals surface area contributed by atoms with Gasteiger partial charge in [0.25, 0.3) is 11.8 Å². The smallest absolute Gasteiger partial charge is 0.263 e. The van der Waals surface area contributed by atoms with E-state index in [1.54, 1.807) is 48.5 Å². The Bertz CT molecular complexity index is 1010. The average molecular weight is 458 g/mol. The minimum atomic E-state index is -0.954. The summed E-state index contributed by atoms with van der Waals surface area (Å²) in [6, 6.07) is 11.9. The Kier molecular flexibility index (Phi) is 5.01. The van der Waals surface area contributed by atoms with Crippen molar-refractivity contribution in [3.63, 3.8) is 0 Å². The van der Waals surface area contributed by atoms with Crippen molar-refractivity contribution in [2.45, 2.75) is 12.1 Å². The lowest BCUT2D eigenvalue weighted by molar-refractivity contribution is -0.123. The molecule has 1 N–H and O–H groups in total. The predicted octanol–water partition coefficient (Wildman–Crippen LogP) is 2.39. The molecular formula is C19H16BrN5O4. The van der Waals surface area contributed by atoms with Crippen LogP contribution in [0.3, 0.4) is 0 Å². The maximum Gasteiger partial charge on any atom is 0.263 e. The zero-order valence-electron chi connectivity index (χ0n) is 15.3. The van der Waals surface area contributed by atoms with Crippen LogP contribution in [0.15, 0.2) is 63.3 Å². The first-order valence-corrected chi connectivity index (χ1v) is 9.52. The first-order chi connectivity index (χ1) is 14.0. The molecule has 2 aliphatic rings. The Morgan fingerprint density at radius 1 is 1.14 bits per heavy atom. The number of ether oxygens (including phenoxy) is 1. The summed E-state index contributed by atoms with van der Waals surface area (Å²) in [5.41, 5.74) is 0.948. The standard InChI is InChI=1S/C19H16BrN5O4/c1-29-14-5-3-2-4-13(14)21-15(26)10-24-17-16(22-23-24)18(27)25(19(17)28)12-8-6-11(20)7-9-12/h2-9,16-17H,10H2,1H3,(H,21,26)/t16-,17+/m1/s1. The molecule has 2 atom stereocenters. The molecule has 1 saturated heterocycles. The van der Waals surface area contributed by atoms with E-state index >= 15 is 0 Å². The number of hydrogen-bond donors (Lipinski definition) is 1. The van der Waals surface area contributed by atoms with E-state index in [4.69, 9.17) is 4.74 Å². The normalized spacial score (nSPS) is 20.2. The summed E-state index contributed by atoms with van der Waals surface area (Å²) < 4.78 is 6.04. The molecule has 3 amide bonds. The van der Waals surface area contributed by atoms with Gasteiger partial charge in [0.1, 0.15) is 12.3 Å². The molecule has 0 saturated carbocycles. The van der Waals surface area contributed by atoms with Gasteiger partial charge in [-0.15, -0.1) is 0 Å². The molecule has 2 aromatic carbocycles. The van der Waals surface area contributed by atoms with Crippen molar-refractivity contribution in [2.24, 2.45) is 10.3 Å². The minimum Gasteiger partial charge on any atom is -0.495 e. The number of para-hydroxylation sites is 2. The Morgan fingerprint density at radius 2 is 1.86 bits per heavy atom. The van der Waals surface area contributed by atoms with Crippen molar-refractivity contribution >= 4 is 45.0 Å². The topological polar surface area (TPSA) is 104 Å². The molecule has 9 nitrogen and oxygen atoms in total. The molecule has 0 unspecified atom stereocenters. The second-order valence-electron chi connectivity index (χ2n) is 6.43. The van der Waals surface area contributed by atoms with Gasteiger partial charge in [0, 0.05) is 4.47 Å². The number of carbonyl (C=O) groups is 3. The number of nitrogens with one attached hydrogen (secondary N) is 1. The maximum absolute atomic E-state index is 12.9. The number of fused-ring (bicyclic) bond motifs is 1. The molecule has 0 aromatic heterocycles. The van der Waals surface area contributed by atoms with Crippen molar-refractivity contribution in [2.75, 3.05) is 23.9 Å². The summed E-state index contributed by atoms with van der Waals surface area (Å²) in [4.78, 5) is 39.2. The summed E-state index contributed by atoms with van der Waals surface area (Å²) >= 11 is 3.32. The van der Waals surface area contributed by atoms with Gasteiger partial charge in [-0.05, 0) is 36.4 Å². The molecular weight excluding hydrogens is 442 g/mol. The van der Waals surface area contributed by atoms with Gasteiger partial charge in [0.15, 0.2) is 12.1 Å². The fourth-order valence-electron chi connectivity index (χ4n) is 3.28. The second-order valence-corrected chi connectivity index (χ2v) is 7.34. The van der Waals surface area contributed by atoms with Crippen LogP contribution in [0.1, 0.15) is 0 Å². The number of amides is 3. The number of anilines is 2. The van der Waals surface area contributed by atoms with E-state index in [-0.39, 0.29) is 6.54 Å². The maximum atomic E-state index is 12.9. The zero-order chi connectivity index (χ0) is 20.5. The zero-order valence-corrected chi connectivity index (χ0v) is 16.9. The van der Waals surface area contributed by atoms with E-state index in [1.807, 2.05) is 0 Å². The van der Waals surface area contributed by atoms with E-state index < -0.39 is 29.8 Å². The van der Waals surface area contributed by atoms with Crippen LogP contribution in [0.25, 0.3) is 0 Å². The van der Waals surface area contributed by atoms with Crippen LogP contribution in [-0.4, -0.2) is 48.5 Å². The largest absolute Gasteiger partial charge is 0.495 e. The average Bonchev–Trinajstić information content (AvgIpc) is 3.23. The van der Waals surface area contributed by atoms with Gasteiger partial charge in [-0.1, -0.05) is 33.3 Å². The first kappa shape index (κ1) is 19.1. The highest BCUT2D eigenvalue weighted by atomic mass is 79.9. The van der Waals surface area contributed by atoms with Crippen molar-refractivity contribution in [1.29, 1.82) is 0 Å². The molecule has 148 valence electrons. The molecule has 2 aromatic rings. The third-order valence-electron chi connectivity index (χ3n) is 4.63. The van der Waals surface area contributed by atoms with Gasteiger partial charge in [0.05, 0.1) is 18.5 Å². The van der Waals surface area contributed by atoms with Crippen LogP contribution in [0.5, 0.6) is 5.75 Å². The first-order valence-electron chi connectivity index (χ1n) is 8.73. The fourth-order valence-corrected chi connectivity index (χ4v) is 3.55. The third-order valence-corrected chi connectivity index (χ3v) is 5.16. The Balaban J connectivity index is 1.49. The highest BCUT2D eigenvalue weighted by Gasteiger charge is 2.55. The summed E-state index contributed by atoms with van der Waals surface area (Å²) in [5, 5.41) is 11.8. The number of halogens is 1. The van der Waals surface area contributed by atoms with E-state index in [0.717, 1.165) is 9.37 Å². The molecule has 2 aliphatic heterocycles. The van der Waals surface area contributed by atoms with Crippen molar-refractivity contribution in [3.8, 4) is 5.75 Å². The molecule has 0 aliphatic carbocycles. The van der Waals surface area contributed by atoms with Crippen molar-refractivity contribution in [1.82, 2.24) is 5.01 Å². The number of imide groups is 1. The number of nitrogens with zero attached hydrogens (tertiary/aromatic N) is 4. The molecule has 4 rings (SSSR count). The predicted molar refractivity (Wildman–Crippen MR) is 107 cm³/mol. The molecule has 29 heavy (non-hydrogen) atoms. The molecule has 0 spiro atoms. The number of rotatable bonds is 5. The molecule has 0 radical (unpaired) electrons. The molecule has 1 fully saturated rings. The van der Waals surface area contributed by atoms with E-state index in [2.05, 4.69) is 31.6 Å². The van der Waals surface area contributed by atoms with Gasteiger partial charge in [-0.3, -0.25) is 19.4 Å². The lowest BCUT2D eigenvalue weighted by Crippen LogP contribution is -2.43. The number of carbonyl (C=O) groups excluding carboxylic acids is 3. The Labute approximate surface area is 174 Å². The highest BCUT2D eigenvalue weighted by Crippen LogP contribution is 2.32. The van der Waals surface area contributed by atoms with Gasteiger partial charge in [0.2, 0.25) is 5.91 Å². The number of benzene rings is 2. The van der Waals surface area contributed by atoms with E-state index in [0.29, 0.717) is 17.1 Å². The molecule has 2 heterocycles. The van der Waals surface area contributed by atoms with Gasteiger partial charge in [-0.2, -0.15) is 5.11 Å². The van der Waals surface area contributed by atoms with Gasteiger partial charge >= 0.3 is 0 Å². The molecule has 0 bridgehead atoms. The Morgan fingerprint density at radius 3 is 2.59 bits per heavy atom. The van der Waals surface area contributed by atoms with Crippen LogP contribution in [0.4, 0.5) is 11.4 Å². The Hall–Kier alpha value is -3.27. The highest BCUT2D eigenvalue weighted by molar-refractivity contribution is 9.10. The summed E-state index contributed by atoms with van der Waals surface area (Å²) in [7, 11) is 1.50. The van der Waals surface area contributed by atoms with Crippen LogP contribution in [0.2, 0.25) is 0 Å². The fraction of sp³-hybridized carbons (Fsp3) is 0.211. The van der Waals surface area contributed by atoms with Gasteiger partial charge < -0.3 is 10.1 Å². The van der Waals surface area contributed by atoms with Crippen LogP contribution in [-0.2, 0) is 14.4 Å². The lowest BCUT2D eigenvalue weighted by Gasteiger charge is -2.20. The quantitative estimate of drug-likeness (QED) is 0.694. The third kappa shape index (κ3) is 3.46. The van der Waals surface area contributed by atoms with Gasteiger partial charge in [-0.25, -0.2) is 4.90 Å². The minimum absolute atomic E-state index is 0.226. The SMILES string of the molecule is COc1ccccc1NC(=O)CN1N=N[C@H]2C(=O)N(c3ccc(Br)cc3)C(=O)[C@H]21. The number of methoxy groups -OCH3 is 1. The monoisotopic (exact) mass is 457 g/mol. The van der Waals surface area contributed by atoms with E-state index in [1.165, 1.54) is 12.1 Å². The van der Waals surface area contributed by atoms with Crippen molar-refractivity contribution < 1.29 is 19.1 Å². The lowest BCUT2D eigenvalue weighted by atomic mass is 10.1. The second kappa shape index (κ2) is 7.63. The summed E-state index contributed by atoms with van der Waals surface area (Å²) in [6.07, 6.45) is 0. The van der Waals surface area contributed by atoms with Crippen LogP contribution >= 0.6 is 15.9 Å².